The number of thiazole rings is 1. The second-order valence-electron chi connectivity index (χ2n) is 5.72. The number of carbonyl (C=O) groups is 1. The highest BCUT2D eigenvalue weighted by atomic mass is 79.9. The first-order valence-electron chi connectivity index (χ1n) is 6.78. The summed E-state index contributed by atoms with van der Waals surface area (Å²) in [6, 6.07) is 0. The van der Waals surface area contributed by atoms with Crippen molar-refractivity contribution in [2.24, 2.45) is 5.92 Å². The Labute approximate surface area is 127 Å². The van der Waals surface area contributed by atoms with E-state index in [-0.39, 0.29) is 11.4 Å². The topological polar surface area (TPSA) is 42.0 Å². The van der Waals surface area contributed by atoms with Gasteiger partial charge in [-0.25, -0.2) is 4.98 Å². The van der Waals surface area contributed by atoms with Gasteiger partial charge in [-0.3, -0.25) is 4.79 Å². The fourth-order valence-electron chi connectivity index (χ4n) is 2.97. The molecular formula is C14H21BrN2OS. The summed E-state index contributed by atoms with van der Waals surface area (Å²) < 4.78 is 0. The number of rotatable bonds is 3. The number of nitrogens with zero attached hydrogens (tertiary/aromatic N) is 1. The molecule has 0 bridgehead atoms. The third-order valence-corrected chi connectivity index (χ3v) is 5.98. The van der Waals surface area contributed by atoms with Gasteiger partial charge in [-0.15, -0.1) is 11.3 Å². The summed E-state index contributed by atoms with van der Waals surface area (Å²) in [6.45, 7) is 6.12. The van der Waals surface area contributed by atoms with E-state index in [4.69, 9.17) is 0 Å². The average Bonchev–Trinajstić information content (AvgIpc) is 2.68. The van der Waals surface area contributed by atoms with Crippen molar-refractivity contribution in [3.8, 4) is 0 Å². The molecule has 1 aromatic heterocycles. The van der Waals surface area contributed by atoms with Crippen molar-refractivity contribution in [3.63, 3.8) is 0 Å². The van der Waals surface area contributed by atoms with Crippen LogP contribution in [-0.4, -0.2) is 21.8 Å². The number of aromatic nitrogens is 1. The molecule has 1 N–H and O–H groups in total. The maximum absolute atomic E-state index is 12.5. The lowest BCUT2D eigenvalue weighted by Crippen LogP contribution is -2.52. The van der Waals surface area contributed by atoms with E-state index in [1.807, 2.05) is 13.8 Å². The fraction of sp³-hybridized carbons (Fsp3) is 0.714. The van der Waals surface area contributed by atoms with Gasteiger partial charge in [0.05, 0.1) is 16.2 Å². The van der Waals surface area contributed by atoms with Gasteiger partial charge in [0.1, 0.15) is 4.88 Å². The van der Waals surface area contributed by atoms with Gasteiger partial charge in [-0.05, 0) is 32.6 Å². The van der Waals surface area contributed by atoms with Gasteiger partial charge < -0.3 is 5.32 Å². The van der Waals surface area contributed by atoms with E-state index in [0.29, 0.717) is 5.92 Å². The molecule has 0 spiro atoms. The van der Waals surface area contributed by atoms with Gasteiger partial charge in [0.25, 0.3) is 5.91 Å². The van der Waals surface area contributed by atoms with Crippen molar-refractivity contribution in [1.29, 1.82) is 0 Å². The van der Waals surface area contributed by atoms with Gasteiger partial charge in [-0.2, -0.15) is 0 Å². The number of alkyl halides is 1. The number of nitrogens with one attached hydrogen (secondary N) is 1. The van der Waals surface area contributed by atoms with E-state index < -0.39 is 0 Å². The Morgan fingerprint density at radius 1 is 1.58 bits per heavy atom. The first-order valence-corrected chi connectivity index (χ1v) is 8.72. The Hall–Kier alpha value is -0.420. The molecular weight excluding hydrogens is 324 g/mol. The molecule has 1 aromatic rings. The summed E-state index contributed by atoms with van der Waals surface area (Å²) in [5.74, 6) is 0.715. The first kappa shape index (κ1) is 15.0. The monoisotopic (exact) mass is 344 g/mol. The van der Waals surface area contributed by atoms with Crippen LogP contribution in [0.4, 0.5) is 0 Å². The van der Waals surface area contributed by atoms with Crippen molar-refractivity contribution in [3.05, 3.63) is 15.6 Å². The maximum atomic E-state index is 12.5. The average molecular weight is 345 g/mol. The van der Waals surface area contributed by atoms with E-state index in [2.05, 4.69) is 33.2 Å². The third-order valence-electron chi connectivity index (χ3n) is 3.84. The van der Waals surface area contributed by atoms with Crippen molar-refractivity contribution >= 4 is 33.2 Å². The third kappa shape index (κ3) is 3.37. The smallest absolute Gasteiger partial charge is 0.263 e. The summed E-state index contributed by atoms with van der Waals surface area (Å²) >= 11 is 5.08. The molecule has 0 aliphatic heterocycles. The molecule has 1 fully saturated rings. The van der Waals surface area contributed by atoms with Crippen LogP contribution in [0, 0.1) is 19.8 Å². The Balaban J connectivity index is 2.14. The van der Waals surface area contributed by atoms with Gasteiger partial charge in [0, 0.05) is 5.33 Å². The van der Waals surface area contributed by atoms with Crippen LogP contribution < -0.4 is 5.32 Å². The first-order chi connectivity index (χ1) is 8.96. The number of amides is 1. The number of hydrogen-bond donors (Lipinski definition) is 1. The zero-order valence-corrected chi connectivity index (χ0v) is 14.2. The minimum Gasteiger partial charge on any atom is -0.345 e. The molecule has 3 nitrogen and oxygen atoms in total. The summed E-state index contributed by atoms with van der Waals surface area (Å²) in [6.07, 6.45) is 4.57. The SMILES string of the molecule is Cc1nc(C)c(C(=O)NC2(CBr)CCCC(C)C2)s1. The highest BCUT2D eigenvalue weighted by molar-refractivity contribution is 9.09. The van der Waals surface area contributed by atoms with Gasteiger partial charge in [0.15, 0.2) is 0 Å². The Bertz CT molecular complexity index is 474. The molecule has 106 valence electrons. The quantitative estimate of drug-likeness (QED) is 0.846. The van der Waals surface area contributed by atoms with Gasteiger partial charge in [-0.1, -0.05) is 35.7 Å². The molecule has 1 saturated carbocycles. The van der Waals surface area contributed by atoms with E-state index in [1.165, 1.54) is 24.2 Å². The Morgan fingerprint density at radius 3 is 2.84 bits per heavy atom. The molecule has 19 heavy (non-hydrogen) atoms. The molecule has 0 aromatic carbocycles. The summed E-state index contributed by atoms with van der Waals surface area (Å²) in [5, 5.41) is 5.05. The zero-order valence-electron chi connectivity index (χ0n) is 11.8. The van der Waals surface area contributed by atoms with Crippen LogP contribution >= 0.6 is 27.3 Å². The lowest BCUT2D eigenvalue weighted by Gasteiger charge is -2.39. The van der Waals surface area contributed by atoms with E-state index in [1.54, 1.807) is 0 Å². The minimum absolute atomic E-state index is 0.0386. The number of carbonyl (C=O) groups excluding carboxylic acids is 1. The highest BCUT2D eigenvalue weighted by Crippen LogP contribution is 2.34. The largest absolute Gasteiger partial charge is 0.345 e. The van der Waals surface area contributed by atoms with Crippen molar-refractivity contribution in [2.75, 3.05) is 5.33 Å². The van der Waals surface area contributed by atoms with Crippen molar-refractivity contribution in [2.45, 2.75) is 52.0 Å². The minimum atomic E-state index is -0.0842. The van der Waals surface area contributed by atoms with Crippen LogP contribution in [0.25, 0.3) is 0 Å². The van der Waals surface area contributed by atoms with Crippen molar-refractivity contribution < 1.29 is 4.79 Å². The molecule has 0 saturated heterocycles. The zero-order chi connectivity index (χ0) is 14.0. The summed E-state index contributed by atoms with van der Waals surface area (Å²) in [5.41, 5.74) is 0.757. The van der Waals surface area contributed by atoms with E-state index in [0.717, 1.165) is 33.8 Å². The van der Waals surface area contributed by atoms with Crippen LogP contribution in [-0.2, 0) is 0 Å². The van der Waals surface area contributed by atoms with Gasteiger partial charge >= 0.3 is 0 Å². The van der Waals surface area contributed by atoms with Crippen LogP contribution in [0.3, 0.4) is 0 Å². The lowest BCUT2D eigenvalue weighted by molar-refractivity contribution is 0.0873. The molecule has 1 aliphatic rings. The van der Waals surface area contributed by atoms with Crippen LogP contribution in [0.5, 0.6) is 0 Å². The van der Waals surface area contributed by atoms with E-state index >= 15 is 0 Å². The van der Waals surface area contributed by atoms with Crippen LogP contribution in [0.15, 0.2) is 0 Å². The number of aryl methyl sites for hydroxylation is 2. The number of halogens is 1. The lowest BCUT2D eigenvalue weighted by atomic mass is 9.77. The molecule has 2 atom stereocenters. The Kier molecular flexibility index (Phi) is 4.66. The fourth-order valence-corrected chi connectivity index (χ4v) is 4.43. The van der Waals surface area contributed by atoms with Crippen LogP contribution in [0.2, 0.25) is 0 Å². The summed E-state index contributed by atoms with van der Waals surface area (Å²) in [7, 11) is 0. The van der Waals surface area contributed by atoms with Crippen molar-refractivity contribution in [1.82, 2.24) is 10.3 Å². The Morgan fingerprint density at radius 2 is 2.32 bits per heavy atom. The van der Waals surface area contributed by atoms with Crippen LogP contribution in [0.1, 0.15) is 53.0 Å². The normalized spacial score (nSPS) is 27.3. The van der Waals surface area contributed by atoms with E-state index in [9.17, 15) is 4.79 Å². The number of hydrogen-bond acceptors (Lipinski definition) is 3. The maximum Gasteiger partial charge on any atom is 0.263 e. The molecule has 1 amide bonds. The molecule has 5 heteroatoms. The molecule has 1 heterocycles. The predicted molar refractivity (Wildman–Crippen MR) is 83.2 cm³/mol. The molecule has 2 unspecified atom stereocenters. The second kappa shape index (κ2) is 5.92. The molecule has 2 rings (SSSR count). The summed E-state index contributed by atoms with van der Waals surface area (Å²) in [4.78, 5) is 17.6. The highest BCUT2D eigenvalue weighted by Gasteiger charge is 2.36. The standard InChI is InChI=1S/C14H21BrN2OS/c1-9-5-4-6-14(7-9,8-15)17-13(18)12-10(2)16-11(3)19-12/h9H,4-8H2,1-3H3,(H,17,18). The van der Waals surface area contributed by atoms with Gasteiger partial charge in [0.2, 0.25) is 0 Å². The molecule has 1 aliphatic carbocycles. The molecule has 0 radical (unpaired) electrons. The second-order valence-corrected chi connectivity index (χ2v) is 7.48. The predicted octanol–water partition coefficient (Wildman–Crippen LogP) is 3.83.